The van der Waals surface area contributed by atoms with Gasteiger partial charge in [-0.15, -0.1) is 0 Å². The minimum absolute atomic E-state index is 0.0104. The van der Waals surface area contributed by atoms with Gasteiger partial charge >= 0.3 is 5.97 Å². The van der Waals surface area contributed by atoms with Gasteiger partial charge in [0.25, 0.3) is 5.91 Å². The lowest BCUT2D eigenvalue weighted by Gasteiger charge is -2.17. The first kappa shape index (κ1) is 31.7. The van der Waals surface area contributed by atoms with Crippen LogP contribution in [0.2, 0.25) is 0 Å². The second kappa shape index (κ2) is 18.0. The standard InChI is InChI=1S/C25H39N5O7/c1-25(2,3)11-6-4-5-10-21(31)27-12-13-28-24(34)19-8-7-9-20(16-19)37-17-22(29-30-26)36-15-14-35-18-23(32)33/h7-9,16,22H,4-6,10-15,17-18H2,1-3H3,(H,27,31)(H,28,34)(H,32,33). The first-order valence-electron chi connectivity index (χ1n) is 12.3. The van der Waals surface area contributed by atoms with Crippen molar-refractivity contribution >= 4 is 17.8 Å². The number of azide groups is 1. The summed E-state index contributed by atoms with van der Waals surface area (Å²) in [5.74, 6) is -1.07. The molecule has 0 saturated heterocycles. The topological polar surface area (TPSA) is 172 Å². The molecule has 12 heteroatoms. The lowest BCUT2D eigenvalue weighted by molar-refractivity contribution is -0.143. The fourth-order valence-corrected chi connectivity index (χ4v) is 3.16. The van der Waals surface area contributed by atoms with E-state index in [2.05, 4.69) is 41.4 Å². The molecule has 0 aromatic heterocycles. The molecule has 0 aliphatic heterocycles. The van der Waals surface area contributed by atoms with Crippen molar-refractivity contribution in [3.63, 3.8) is 0 Å². The van der Waals surface area contributed by atoms with Gasteiger partial charge in [0.15, 0.2) is 6.23 Å². The number of rotatable bonds is 19. The van der Waals surface area contributed by atoms with Crippen LogP contribution in [0.3, 0.4) is 0 Å². The van der Waals surface area contributed by atoms with Crippen LogP contribution in [0.5, 0.6) is 5.75 Å². The number of benzene rings is 1. The zero-order chi connectivity index (χ0) is 27.5. The van der Waals surface area contributed by atoms with Gasteiger partial charge in [-0.3, -0.25) is 9.59 Å². The predicted octanol–water partition coefficient (Wildman–Crippen LogP) is 3.66. The van der Waals surface area contributed by atoms with Crippen molar-refractivity contribution in [3.05, 3.63) is 40.3 Å². The Morgan fingerprint density at radius 3 is 2.57 bits per heavy atom. The summed E-state index contributed by atoms with van der Waals surface area (Å²) in [5.41, 5.74) is 9.37. The molecule has 206 valence electrons. The van der Waals surface area contributed by atoms with Crippen molar-refractivity contribution in [2.45, 2.75) is 59.1 Å². The molecule has 2 amide bonds. The van der Waals surface area contributed by atoms with Gasteiger partial charge in [-0.2, -0.15) is 0 Å². The molecule has 0 bridgehead atoms. The number of unbranched alkanes of at least 4 members (excludes halogenated alkanes) is 2. The Labute approximate surface area is 217 Å². The van der Waals surface area contributed by atoms with E-state index in [1.165, 1.54) is 6.07 Å². The van der Waals surface area contributed by atoms with E-state index in [0.29, 0.717) is 29.7 Å². The summed E-state index contributed by atoms with van der Waals surface area (Å²) in [6.07, 6.45) is 3.65. The van der Waals surface area contributed by atoms with E-state index in [9.17, 15) is 14.4 Å². The highest BCUT2D eigenvalue weighted by Crippen LogP contribution is 2.22. The Morgan fingerprint density at radius 1 is 1.11 bits per heavy atom. The van der Waals surface area contributed by atoms with Crippen LogP contribution in [0.15, 0.2) is 29.4 Å². The molecule has 0 saturated carbocycles. The van der Waals surface area contributed by atoms with Crippen molar-refractivity contribution in [3.8, 4) is 5.75 Å². The van der Waals surface area contributed by atoms with Crippen LogP contribution in [-0.2, 0) is 19.1 Å². The molecule has 12 nitrogen and oxygen atoms in total. The summed E-state index contributed by atoms with van der Waals surface area (Å²) in [6, 6.07) is 6.45. The molecule has 1 atom stereocenters. The third-order valence-electron chi connectivity index (χ3n) is 5.00. The molecule has 0 radical (unpaired) electrons. The van der Waals surface area contributed by atoms with Crippen LogP contribution in [-0.4, -0.2) is 68.6 Å². The third-order valence-corrected chi connectivity index (χ3v) is 5.00. The van der Waals surface area contributed by atoms with E-state index in [1.54, 1.807) is 18.2 Å². The smallest absolute Gasteiger partial charge is 0.329 e. The maximum atomic E-state index is 12.4. The van der Waals surface area contributed by atoms with E-state index < -0.39 is 18.8 Å². The lowest BCUT2D eigenvalue weighted by atomic mass is 9.89. The van der Waals surface area contributed by atoms with Crippen LogP contribution in [0.1, 0.15) is 63.2 Å². The number of carboxylic acid groups (broad SMARTS) is 1. The summed E-state index contributed by atoms with van der Waals surface area (Å²) < 4.78 is 15.7. The first-order chi connectivity index (χ1) is 17.6. The van der Waals surface area contributed by atoms with E-state index in [0.717, 1.165) is 25.7 Å². The number of hydrogen-bond acceptors (Lipinski definition) is 7. The molecule has 0 fully saturated rings. The average molecular weight is 522 g/mol. The Bertz CT molecular complexity index is 898. The number of carbonyl (C=O) groups excluding carboxylic acids is 2. The number of ether oxygens (including phenoxy) is 3. The van der Waals surface area contributed by atoms with E-state index in [1.807, 2.05) is 0 Å². The quantitative estimate of drug-likeness (QED) is 0.108. The van der Waals surface area contributed by atoms with Crippen LogP contribution >= 0.6 is 0 Å². The molecular formula is C25H39N5O7. The summed E-state index contributed by atoms with van der Waals surface area (Å²) in [7, 11) is 0. The first-order valence-corrected chi connectivity index (χ1v) is 12.3. The number of carboxylic acids is 1. The predicted molar refractivity (Wildman–Crippen MR) is 137 cm³/mol. The Hall–Kier alpha value is -3.34. The van der Waals surface area contributed by atoms with Gasteiger partial charge in [0.2, 0.25) is 5.91 Å². The summed E-state index contributed by atoms with van der Waals surface area (Å²) >= 11 is 0. The highest BCUT2D eigenvalue weighted by atomic mass is 16.6. The summed E-state index contributed by atoms with van der Waals surface area (Å²) in [5, 5.41) is 17.6. The number of aliphatic carboxylic acids is 1. The van der Waals surface area contributed by atoms with Crippen molar-refractivity contribution in [2.75, 3.05) is 39.5 Å². The highest BCUT2D eigenvalue weighted by Gasteiger charge is 2.12. The molecule has 1 aromatic carbocycles. The summed E-state index contributed by atoms with van der Waals surface area (Å²) in [6.45, 7) is 6.71. The van der Waals surface area contributed by atoms with E-state index in [4.69, 9.17) is 24.8 Å². The van der Waals surface area contributed by atoms with Gasteiger partial charge in [-0.1, -0.05) is 44.8 Å². The monoisotopic (exact) mass is 521 g/mol. The Morgan fingerprint density at radius 2 is 1.86 bits per heavy atom. The number of nitrogens with one attached hydrogen (secondary N) is 2. The number of carbonyl (C=O) groups is 3. The molecule has 0 aliphatic carbocycles. The van der Waals surface area contributed by atoms with E-state index >= 15 is 0 Å². The second-order valence-electron chi connectivity index (χ2n) is 9.54. The van der Waals surface area contributed by atoms with Gasteiger partial charge in [-0.25, -0.2) is 4.79 Å². The van der Waals surface area contributed by atoms with Crippen molar-refractivity contribution in [2.24, 2.45) is 10.5 Å². The average Bonchev–Trinajstić information content (AvgIpc) is 2.83. The van der Waals surface area contributed by atoms with Crippen molar-refractivity contribution in [1.82, 2.24) is 10.6 Å². The number of nitrogens with zero attached hydrogens (tertiary/aromatic N) is 3. The van der Waals surface area contributed by atoms with Gasteiger partial charge in [0.05, 0.1) is 13.2 Å². The maximum absolute atomic E-state index is 12.4. The molecule has 1 aromatic rings. The minimum Gasteiger partial charge on any atom is -0.491 e. The van der Waals surface area contributed by atoms with Gasteiger partial charge < -0.3 is 30.0 Å². The van der Waals surface area contributed by atoms with Crippen LogP contribution in [0.4, 0.5) is 0 Å². The molecule has 1 unspecified atom stereocenters. The number of amides is 2. The zero-order valence-electron chi connectivity index (χ0n) is 21.9. The van der Waals surface area contributed by atoms with Crippen LogP contribution in [0.25, 0.3) is 10.4 Å². The molecule has 1 rings (SSSR count). The van der Waals surface area contributed by atoms with Crippen LogP contribution in [0, 0.1) is 5.41 Å². The molecular weight excluding hydrogens is 482 g/mol. The molecule has 0 spiro atoms. The molecule has 3 N–H and O–H groups in total. The zero-order valence-corrected chi connectivity index (χ0v) is 21.9. The van der Waals surface area contributed by atoms with Gasteiger partial charge in [0, 0.05) is 30.0 Å². The fourth-order valence-electron chi connectivity index (χ4n) is 3.16. The third kappa shape index (κ3) is 16.9. The number of hydrogen-bond donors (Lipinski definition) is 3. The minimum atomic E-state index is -1.10. The largest absolute Gasteiger partial charge is 0.491 e. The van der Waals surface area contributed by atoms with Crippen molar-refractivity contribution < 1.29 is 33.7 Å². The van der Waals surface area contributed by atoms with Gasteiger partial charge in [-0.05, 0) is 42.0 Å². The maximum Gasteiger partial charge on any atom is 0.329 e. The van der Waals surface area contributed by atoms with Crippen molar-refractivity contribution in [1.29, 1.82) is 0 Å². The normalized spacial score (nSPS) is 11.8. The van der Waals surface area contributed by atoms with E-state index in [-0.39, 0.29) is 38.2 Å². The molecule has 37 heavy (non-hydrogen) atoms. The highest BCUT2D eigenvalue weighted by molar-refractivity contribution is 5.94. The fraction of sp³-hybridized carbons (Fsp3) is 0.640. The second-order valence-corrected chi connectivity index (χ2v) is 9.54. The lowest BCUT2D eigenvalue weighted by Crippen LogP contribution is -2.34. The molecule has 0 heterocycles. The Kier molecular flexibility index (Phi) is 15.4. The summed E-state index contributed by atoms with van der Waals surface area (Å²) in [4.78, 5) is 37.5. The molecule has 0 aliphatic rings. The van der Waals surface area contributed by atoms with Crippen LogP contribution < -0.4 is 15.4 Å². The SMILES string of the molecule is CC(C)(C)CCCCCC(=O)NCCNC(=O)c1cccc(OCC(N=[N+]=[N-])OCCOCC(=O)O)c1. The van der Waals surface area contributed by atoms with Gasteiger partial charge in [0.1, 0.15) is 19.0 Å². The Balaban J connectivity index is 2.32.